The van der Waals surface area contributed by atoms with Gasteiger partial charge in [-0.25, -0.2) is 4.39 Å². The van der Waals surface area contributed by atoms with Crippen LogP contribution in [0.2, 0.25) is 0 Å². The lowest BCUT2D eigenvalue weighted by atomic mass is 10.1. The molecular weight excluding hydrogens is 298 g/mol. The Morgan fingerprint density at radius 2 is 2.05 bits per heavy atom. The van der Waals surface area contributed by atoms with E-state index in [0.29, 0.717) is 30.9 Å². The van der Waals surface area contributed by atoms with Crippen LogP contribution >= 0.6 is 11.6 Å². The quantitative estimate of drug-likeness (QED) is 0.647. The monoisotopic (exact) mass is 311 g/mol. The average Bonchev–Trinajstić information content (AvgIpc) is 2.35. The Bertz CT molecular complexity index is 476. The number of nitrogens with one attached hydrogen (secondary N) is 1. The first kappa shape index (κ1) is 16.8. The zero-order valence-corrected chi connectivity index (χ0v) is 11.5. The van der Waals surface area contributed by atoms with Crippen molar-refractivity contribution >= 4 is 17.5 Å². The SMILES string of the molecule is CC(CCCCl)NC(=O)c1ccc(F)c(C(F)(F)F)c1. The minimum atomic E-state index is -4.83. The molecule has 0 radical (unpaired) electrons. The van der Waals surface area contributed by atoms with Crippen LogP contribution in [0.3, 0.4) is 0 Å². The van der Waals surface area contributed by atoms with Gasteiger partial charge in [0.15, 0.2) is 0 Å². The molecule has 1 atom stereocenters. The summed E-state index contributed by atoms with van der Waals surface area (Å²) in [4.78, 5) is 11.8. The lowest BCUT2D eigenvalue weighted by molar-refractivity contribution is -0.140. The van der Waals surface area contributed by atoms with Crippen LogP contribution in [0.5, 0.6) is 0 Å². The third kappa shape index (κ3) is 4.67. The van der Waals surface area contributed by atoms with Gasteiger partial charge in [-0.3, -0.25) is 4.79 Å². The molecule has 0 saturated carbocycles. The maximum Gasteiger partial charge on any atom is 0.419 e. The van der Waals surface area contributed by atoms with Gasteiger partial charge < -0.3 is 5.32 Å². The Balaban J connectivity index is 2.84. The van der Waals surface area contributed by atoms with E-state index in [2.05, 4.69) is 5.32 Å². The molecule has 1 unspecified atom stereocenters. The predicted molar refractivity (Wildman–Crippen MR) is 68.3 cm³/mol. The number of halogens is 5. The Labute approximate surface area is 119 Å². The number of carbonyl (C=O) groups is 1. The Morgan fingerprint density at radius 1 is 1.40 bits per heavy atom. The van der Waals surface area contributed by atoms with Crippen LogP contribution in [0.4, 0.5) is 17.6 Å². The van der Waals surface area contributed by atoms with Crippen molar-refractivity contribution in [1.82, 2.24) is 5.32 Å². The molecule has 0 bridgehead atoms. The summed E-state index contributed by atoms with van der Waals surface area (Å²) in [6, 6.07) is 1.95. The van der Waals surface area contributed by atoms with E-state index >= 15 is 0 Å². The fourth-order valence-electron chi connectivity index (χ4n) is 1.65. The van der Waals surface area contributed by atoms with Gasteiger partial charge in [0, 0.05) is 17.5 Å². The van der Waals surface area contributed by atoms with Crippen molar-refractivity contribution < 1.29 is 22.4 Å². The number of rotatable bonds is 5. The van der Waals surface area contributed by atoms with Crippen molar-refractivity contribution in [3.8, 4) is 0 Å². The molecule has 7 heteroatoms. The molecule has 1 aromatic rings. The fraction of sp³-hybridized carbons (Fsp3) is 0.462. The molecule has 0 saturated heterocycles. The largest absolute Gasteiger partial charge is 0.419 e. The number of benzene rings is 1. The van der Waals surface area contributed by atoms with Crippen LogP contribution in [-0.4, -0.2) is 17.8 Å². The van der Waals surface area contributed by atoms with Crippen LogP contribution in [0.25, 0.3) is 0 Å². The summed E-state index contributed by atoms with van der Waals surface area (Å²) in [5, 5.41) is 2.54. The van der Waals surface area contributed by atoms with Crippen molar-refractivity contribution in [2.24, 2.45) is 0 Å². The zero-order valence-electron chi connectivity index (χ0n) is 10.7. The molecule has 0 aliphatic rings. The molecule has 1 rings (SSSR count). The molecule has 0 fully saturated rings. The third-order valence-electron chi connectivity index (χ3n) is 2.68. The summed E-state index contributed by atoms with van der Waals surface area (Å²) in [6.45, 7) is 1.72. The van der Waals surface area contributed by atoms with Gasteiger partial charge in [0.1, 0.15) is 5.82 Å². The van der Waals surface area contributed by atoms with Gasteiger partial charge in [0.2, 0.25) is 0 Å². The molecule has 0 aliphatic heterocycles. The minimum absolute atomic E-state index is 0.222. The van der Waals surface area contributed by atoms with E-state index in [1.165, 1.54) is 0 Å². The number of amides is 1. The maximum atomic E-state index is 13.1. The second kappa shape index (κ2) is 6.92. The molecule has 0 aliphatic carbocycles. The summed E-state index contributed by atoms with van der Waals surface area (Å²) in [5.41, 5.74) is -1.67. The number of hydrogen-bond donors (Lipinski definition) is 1. The van der Waals surface area contributed by atoms with Gasteiger partial charge in [0.05, 0.1) is 5.56 Å². The van der Waals surface area contributed by atoms with E-state index in [9.17, 15) is 22.4 Å². The van der Waals surface area contributed by atoms with E-state index in [1.54, 1.807) is 6.92 Å². The minimum Gasteiger partial charge on any atom is -0.350 e. The highest BCUT2D eigenvalue weighted by atomic mass is 35.5. The lowest BCUT2D eigenvalue weighted by Gasteiger charge is -2.14. The van der Waals surface area contributed by atoms with Gasteiger partial charge in [-0.2, -0.15) is 13.2 Å². The van der Waals surface area contributed by atoms with Crippen LogP contribution in [0.15, 0.2) is 18.2 Å². The molecule has 1 aromatic carbocycles. The highest BCUT2D eigenvalue weighted by molar-refractivity contribution is 6.17. The van der Waals surface area contributed by atoms with E-state index in [-0.39, 0.29) is 11.6 Å². The second-order valence-electron chi connectivity index (χ2n) is 4.40. The van der Waals surface area contributed by atoms with Crippen molar-refractivity contribution in [1.29, 1.82) is 0 Å². The van der Waals surface area contributed by atoms with E-state index in [4.69, 9.17) is 11.6 Å². The molecule has 1 N–H and O–H groups in total. The highest BCUT2D eigenvalue weighted by Gasteiger charge is 2.34. The molecule has 20 heavy (non-hydrogen) atoms. The van der Waals surface area contributed by atoms with Crippen LogP contribution in [0, 0.1) is 5.82 Å². The normalized spacial score (nSPS) is 13.1. The molecule has 0 aromatic heterocycles. The molecule has 2 nitrogen and oxygen atoms in total. The van der Waals surface area contributed by atoms with Crippen molar-refractivity contribution in [3.05, 3.63) is 35.1 Å². The summed E-state index contributed by atoms with van der Waals surface area (Å²) in [6.07, 6.45) is -3.53. The Hall–Kier alpha value is -1.30. The molecule has 112 valence electrons. The lowest BCUT2D eigenvalue weighted by Crippen LogP contribution is -2.32. The number of hydrogen-bond acceptors (Lipinski definition) is 1. The first-order valence-electron chi connectivity index (χ1n) is 5.99. The first-order valence-corrected chi connectivity index (χ1v) is 6.52. The third-order valence-corrected chi connectivity index (χ3v) is 2.95. The number of carbonyl (C=O) groups excluding carboxylic acids is 1. The van der Waals surface area contributed by atoms with E-state index in [0.717, 1.165) is 6.07 Å². The molecule has 0 heterocycles. The van der Waals surface area contributed by atoms with Crippen LogP contribution in [-0.2, 0) is 6.18 Å². The van der Waals surface area contributed by atoms with E-state index < -0.39 is 23.5 Å². The average molecular weight is 312 g/mol. The van der Waals surface area contributed by atoms with Crippen LogP contribution < -0.4 is 5.32 Å². The highest BCUT2D eigenvalue weighted by Crippen LogP contribution is 2.31. The summed E-state index contributed by atoms with van der Waals surface area (Å²) >= 11 is 5.51. The number of alkyl halides is 4. The predicted octanol–water partition coefficient (Wildman–Crippen LogP) is 3.98. The Morgan fingerprint density at radius 3 is 2.60 bits per heavy atom. The van der Waals surface area contributed by atoms with E-state index in [1.807, 2.05) is 0 Å². The second-order valence-corrected chi connectivity index (χ2v) is 4.78. The molecule has 1 amide bonds. The van der Waals surface area contributed by atoms with Gasteiger partial charge in [-0.05, 0) is 38.0 Å². The van der Waals surface area contributed by atoms with Crippen LogP contribution in [0.1, 0.15) is 35.7 Å². The summed E-state index contributed by atoms with van der Waals surface area (Å²) in [5.74, 6) is -1.63. The topological polar surface area (TPSA) is 29.1 Å². The molecular formula is C13H14ClF4NO. The van der Waals surface area contributed by atoms with Gasteiger partial charge >= 0.3 is 6.18 Å². The molecule has 0 spiro atoms. The van der Waals surface area contributed by atoms with Crippen molar-refractivity contribution in [2.45, 2.75) is 32.0 Å². The van der Waals surface area contributed by atoms with Gasteiger partial charge in [0.25, 0.3) is 5.91 Å². The van der Waals surface area contributed by atoms with Gasteiger partial charge in [-0.15, -0.1) is 11.6 Å². The standard InChI is InChI=1S/C13H14ClF4NO/c1-8(3-2-6-14)19-12(20)9-4-5-11(15)10(7-9)13(16,17)18/h4-5,7-8H,2-3,6H2,1H3,(H,19,20). The zero-order chi connectivity index (χ0) is 15.3. The fourth-order valence-corrected chi connectivity index (χ4v) is 1.80. The first-order chi connectivity index (χ1) is 9.25. The maximum absolute atomic E-state index is 13.1. The summed E-state index contributed by atoms with van der Waals surface area (Å²) in [7, 11) is 0. The summed E-state index contributed by atoms with van der Waals surface area (Å²) < 4.78 is 50.7. The smallest absolute Gasteiger partial charge is 0.350 e. The van der Waals surface area contributed by atoms with Crippen molar-refractivity contribution in [3.63, 3.8) is 0 Å². The van der Waals surface area contributed by atoms with Gasteiger partial charge in [-0.1, -0.05) is 0 Å². The Kier molecular flexibility index (Phi) is 5.80. The van der Waals surface area contributed by atoms with Crippen molar-refractivity contribution in [2.75, 3.05) is 5.88 Å².